The molecule has 4 heteroatoms. The minimum absolute atomic E-state index is 0. The number of nitrogens with zero attached hydrogens (tertiary/aromatic N) is 1. The van der Waals surface area contributed by atoms with Gasteiger partial charge < -0.3 is 15.0 Å². The molecule has 0 unspecified atom stereocenters. The lowest BCUT2D eigenvalue weighted by atomic mass is 9.65. The number of carbonyl (C=O) groups excluding carboxylic acids is 2. The molecule has 0 aromatic rings. The number of carbonyl (C=O) groups is 2. The fourth-order valence-corrected chi connectivity index (χ4v) is 4.11. The maximum absolute atomic E-state index is 11.9. The van der Waals surface area contributed by atoms with Crippen LogP contribution in [0, 0.1) is 11.3 Å². The van der Waals surface area contributed by atoms with Gasteiger partial charge in [-0.3, -0.25) is 4.79 Å². The van der Waals surface area contributed by atoms with Gasteiger partial charge in [-0.1, -0.05) is 0 Å². The van der Waals surface area contributed by atoms with Gasteiger partial charge in [0.2, 0.25) is 5.91 Å². The third-order valence-electron chi connectivity index (χ3n) is 5.69. The van der Waals surface area contributed by atoms with Crippen LogP contribution in [0.15, 0.2) is 0 Å². The standard InChI is InChI=1S/C18H32N2O2.H2/c1-3-19-17(22)16-6-8-18(9-7-16)10-13-20(14-11-18)12-4-5-15(2)21;/h16H,3-14H2,1-2H3,(H,19,22);1H. The van der Waals surface area contributed by atoms with Crippen LogP contribution < -0.4 is 5.32 Å². The second-order valence-electron chi connectivity index (χ2n) is 7.32. The fraction of sp³-hybridized carbons (Fsp3) is 0.889. The van der Waals surface area contributed by atoms with E-state index in [0.717, 1.165) is 38.8 Å². The van der Waals surface area contributed by atoms with Gasteiger partial charge >= 0.3 is 0 Å². The minimum Gasteiger partial charge on any atom is -0.356 e. The zero-order chi connectivity index (χ0) is 16.0. The van der Waals surface area contributed by atoms with Crippen molar-refractivity contribution in [2.75, 3.05) is 26.2 Å². The molecule has 4 nitrogen and oxygen atoms in total. The molecule has 2 fully saturated rings. The van der Waals surface area contributed by atoms with E-state index in [4.69, 9.17) is 0 Å². The van der Waals surface area contributed by atoms with Gasteiger partial charge in [0.05, 0.1) is 0 Å². The lowest BCUT2D eigenvalue weighted by Gasteiger charge is -2.45. The SMILES string of the molecule is CCNC(=O)C1CCC2(CC1)CCN(CCCC(C)=O)CC2.[HH]. The summed E-state index contributed by atoms with van der Waals surface area (Å²) in [5.41, 5.74) is 0.500. The molecule has 1 aliphatic carbocycles. The van der Waals surface area contributed by atoms with Crippen molar-refractivity contribution >= 4 is 11.7 Å². The summed E-state index contributed by atoms with van der Waals surface area (Å²) in [6.45, 7) is 7.82. The van der Waals surface area contributed by atoms with Crippen molar-refractivity contribution in [3.63, 3.8) is 0 Å². The van der Waals surface area contributed by atoms with Crippen LogP contribution in [0.1, 0.15) is 66.6 Å². The maximum atomic E-state index is 11.9. The highest BCUT2D eigenvalue weighted by atomic mass is 16.1. The Hall–Kier alpha value is -0.900. The number of amides is 1. The molecule has 1 heterocycles. The van der Waals surface area contributed by atoms with Gasteiger partial charge in [0.1, 0.15) is 5.78 Å². The van der Waals surface area contributed by atoms with Gasteiger partial charge in [0, 0.05) is 20.3 Å². The molecule has 22 heavy (non-hydrogen) atoms. The smallest absolute Gasteiger partial charge is 0.223 e. The van der Waals surface area contributed by atoms with Crippen LogP contribution in [-0.2, 0) is 9.59 Å². The molecule has 1 saturated heterocycles. The zero-order valence-corrected chi connectivity index (χ0v) is 14.3. The van der Waals surface area contributed by atoms with Gasteiger partial charge in [0.25, 0.3) is 0 Å². The van der Waals surface area contributed by atoms with Crippen molar-refractivity contribution in [2.24, 2.45) is 11.3 Å². The molecule has 1 saturated carbocycles. The van der Waals surface area contributed by atoms with Crippen LogP contribution in [-0.4, -0.2) is 42.8 Å². The summed E-state index contributed by atoms with van der Waals surface area (Å²) in [5.74, 6) is 0.815. The van der Waals surface area contributed by atoms with Gasteiger partial charge in [-0.15, -0.1) is 0 Å². The molecule has 2 rings (SSSR count). The number of piperidine rings is 1. The van der Waals surface area contributed by atoms with Crippen molar-refractivity contribution in [1.29, 1.82) is 0 Å². The molecule has 1 N–H and O–H groups in total. The lowest BCUT2D eigenvalue weighted by Crippen LogP contribution is -2.43. The number of nitrogens with one attached hydrogen (secondary N) is 1. The van der Waals surface area contributed by atoms with Crippen LogP contribution >= 0.6 is 0 Å². The van der Waals surface area contributed by atoms with Gasteiger partial charge in [0.15, 0.2) is 0 Å². The van der Waals surface area contributed by atoms with E-state index >= 15 is 0 Å². The van der Waals surface area contributed by atoms with E-state index in [1.54, 1.807) is 6.92 Å². The summed E-state index contributed by atoms with van der Waals surface area (Å²) in [6, 6.07) is 0. The van der Waals surface area contributed by atoms with E-state index in [2.05, 4.69) is 10.2 Å². The predicted molar refractivity (Wildman–Crippen MR) is 90.8 cm³/mol. The second kappa shape index (κ2) is 8.09. The minimum atomic E-state index is 0. The number of hydrogen-bond donors (Lipinski definition) is 1. The van der Waals surface area contributed by atoms with Crippen LogP contribution in [0.2, 0.25) is 0 Å². The first-order valence-electron chi connectivity index (χ1n) is 9.04. The van der Waals surface area contributed by atoms with Crippen molar-refractivity contribution in [1.82, 2.24) is 10.2 Å². The van der Waals surface area contributed by atoms with Crippen LogP contribution in [0.3, 0.4) is 0 Å². The van der Waals surface area contributed by atoms with Crippen molar-refractivity contribution in [3.05, 3.63) is 0 Å². The van der Waals surface area contributed by atoms with E-state index in [-0.39, 0.29) is 13.3 Å². The number of Topliss-reactive ketones (excluding diaryl/α,β-unsaturated/α-hetero) is 1. The average molecular weight is 310 g/mol. The first-order chi connectivity index (χ1) is 10.5. The number of likely N-dealkylation sites (tertiary alicyclic amines) is 1. The van der Waals surface area contributed by atoms with E-state index in [0.29, 0.717) is 11.2 Å². The molecule has 0 aromatic carbocycles. The fourth-order valence-electron chi connectivity index (χ4n) is 4.11. The molecule has 1 aliphatic heterocycles. The quantitative estimate of drug-likeness (QED) is 0.820. The normalized spacial score (nSPS) is 22.6. The number of hydrogen-bond acceptors (Lipinski definition) is 3. The Morgan fingerprint density at radius 3 is 2.36 bits per heavy atom. The summed E-state index contributed by atoms with van der Waals surface area (Å²) in [6.07, 6.45) is 8.83. The molecule has 2 aliphatic rings. The molecule has 128 valence electrons. The average Bonchev–Trinajstić information content (AvgIpc) is 2.50. The van der Waals surface area contributed by atoms with Crippen molar-refractivity contribution in [3.8, 4) is 0 Å². The highest BCUT2D eigenvalue weighted by Gasteiger charge is 2.39. The van der Waals surface area contributed by atoms with Crippen molar-refractivity contribution < 1.29 is 11.0 Å². The summed E-state index contributed by atoms with van der Waals surface area (Å²) in [5, 5.41) is 2.97. The Labute approximate surface area is 136 Å². The summed E-state index contributed by atoms with van der Waals surface area (Å²) >= 11 is 0. The molecule has 1 spiro atoms. The Bertz CT molecular complexity index is 382. The lowest BCUT2D eigenvalue weighted by molar-refractivity contribution is -0.127. The maximum Gasteiger partial charge on any atom is 0.223 e. The highest BCUT2D eigenvalue weighted by molar-refractivity contribution is 5.78. The van der Waals surface area contributed by atoms with E-state index < -0.39 is 0 Å². The Morgan fingerprint density at radius 1 is 1.18 bits per heavy atom. The van der Waals surface area contributed by atoms with E-state index in [1.165, 1.54) is 38.8 Å². The highest BCUT2D eigenvalue weighted by Crippen LogP contribution is 2.46. The summed E-state index contributed by atoms with van der Waals surface area (Å²) in [7, 11) is 0. The summed E-state index contributed by atoms with van der Waals surface area (Å²) < 4.78 is 0. The zero-order valence-electron chi connectivity index (χ0n) is 14.3. The Morgan fingerprint density at radius 2 is 1.82 bits per heavy atom. The number of ketones is 1. The molecule has 0 bridgehead atoms. The topological polar surface area (TPSA) is 49.4 Å². The first kappa shape index (κ1) is 17.5. The molecule has 0 radical (unpaired) electrons. The third kappa shape index (κ3) is 4.80. The van der Waals surface area contributed by atoms with Crippen molar-refractivity contribution in [2.45, 2.75) is 65.2 Å². The summed E-state index contributed by atoms with van der Waals surface area (Å²) in [4.78, 5) is 25.5. The Balaban J connectivity index is 0.00000264. The number of rotatable bonds is 6. The second-order valence-corrected chi connectivity index (χ2v) is 7.32. The Kier molecular flexibility index (Phi) is 6.42. The third-order valence-corrected chi connectivity index (χ3v) is 5.69. The van der Waals surface area contributed by atoms with Gasteiger partial charge in [-0.2, -0.15) is 0 Å². The monoisotopic (exact) mass is 310 g/mol. The molecule has 0 atom stereocenters. The van der Waals surface area contributed by atoms with E-state index in [1.807, 2.05) is 6.92 Å². The van der Waals surface area contributed by atoms with E-state index in [9.17, 15) is 9.59 Å². The largest absolute Gasteiger partial charge is 0.356 e. The van der Waals surface area contributed by atoms with Gasteiger partial charge in [-0.05, 0) is 83.8 Å². The molecule has 0 aromatic heterocycles. The van der Waals surface area contributed by atoms with Gasteiger partial charge in [-0.25, -0.2) is 0 Å². The predicted octanol–water partition coefficient (Wildman–Crippen LogP) is 3.01. The van der Waals surface area contributed by atoms with Crippen LogP contribution in [0.25, 0.3) is 0 Å². The van der Waals surface area contributed by atoms with Crippen LogP contribution in [0.4, 0.5) is 0 Å². The first-order valence-corrected chi connectivity index (χ1v) is 9.04. The molecular formula is C18H34N2O2. The molecule has 1 amide bonds. The van der Waals surface area contributed by atoms with Crippen LogP contribution in [0.5, 0.6) is 0 Å². The molecular weight excluding hydrogens is 276 g/mol.